The van der Waals surface area contributed by atoms with Crippen LogP contribution in [0.2, 0.25) is 0 Å². The highest BCUT2D eigenvalue weighted by Crippen LogP contribution is 2.36. The zero-order valence-corrected chi connectivity index (χ0v) is 18.5. The first-order valence-corrected chi connectivity index (χ1v) is 10.6. The molecule has 190 valence electrons. The number of aromatic nitrogens is 2. The summed E-state index contributed by atoms with van der Waals surface area (Å²) in [6.45, 7) is 0.0688. The van der Waals surface area contributed by atoms with Gasteiger partial charge in [0.25, 0.3) is 18.4 Å². The number of carbonyl (C=O) groups is 1. The van der Waals surface area contributed by atoms with Crippen molar-refractivity contribution in [2.45, 2.75) is 57.2 Å². The molecule has 0 bridgehead atoms. The van der Waals surface area contributed by atoms with Gasteiger partial charge in [-0.1, -0.05) is 6.92 Å². The Labute approximate surface area is 191 Å². The Morgan fingerprint density at radius 2 is 2.06 bits per heavy atom. The normalized spacial score (nSPS) is 20.0. The second kappa shape index (κ2) is 10.3. The van der Waals surface area contributed by atoms with Crippen LogP contribution >= 0.6 is 0 Å². The van der Waals surface area contributed by atoms with Crippen LogP contribution in [-0.2, 0) is 16.6 Å². The van der Waals surface area contributed by atoms with Crippen molar-refractivity contribution in [3.05, 3.63) is 17.7 Å². The summed E-state index contributed by atoms with van der Waals surface area (Å²) in [6, 6.07) is 0.469. The fraction of sp³-hybridized carbons (Fsp3) is 0.619. The lowest BCUT2D eigenvalue weighted by atomic mass is 9.92. The number of benzene rings is 1. The smallest absolute Gasteiger partial charge is 0.297 e. The van der Waals surface area contributed by atoms with Gasteiger partial charge >= 0.3 is 0 Å². The zero-order valence-electron chi connectivity index (χ0n) is 18.5. The van der Waals surface area contributed by atoms with Gasteiger partial charge in [-0.15, -0.1) is 0 Å². The average molecular weight is 497 g/mol. The third-order valence-corrected chi connectivity index (χ3v) is 5.66. The van der Waals surface area contributed by atoms with Gasteiger partial charge in [-0.25, -0.2) is 26.3 Å². The zero-order chi connectivity index (χ0) is 25.2. The van der Waals surface area contributed by atoms with Gasteiger partial charge < -0.3 is 19.9 Å². The highest BCUT2D eigenvalue weighted by molar-refractivity contribution is 5.80. The third-order valence-electron chi connectivity index (χ3n) is 5.66. The molecule has 1 aromatic carbocycles. The predicted octanol–water partition coefficient (Wildman–Crippen LogP) is 3.96. The molecule has 0 unspecified atom stereocenters. The number of alkyl halides is 4. The number of hydrogen-bond acceptors (Lipinski definition) is 5. The lowest BCUT2D eigenvalue weighted by Crippen LogP contribution is -2.39. The lowest BCUT2D eigenvalue weighted by molar-refractivity contribution is -0.135. The van der Waals surface area contributed by atoms with Crippen molar-refractivity contribution in [3.63, 3.8) is 0 Å². The van der Waals surface area contributed by atoms with Crippen LogP contribution in [0.15, 0.2) is 6.07 Å². The van der Waals surface area contributed by atoms with Crippen molar-refractivity contribution in [1.29, 1.82) is 0 Å². The number of carbonyl (C=O) groups excluding carboxylic acids is 1. The average Bonchev–Trinajstić information content (AvgIpc) is 3.07. The number of halogens is 6. The lowest BCUT2D eigenvalue weighted by Gasteiger charge is -2.32. The summed E-state index contributed by atoms with van der Waals surface area (Å²) < 4.78 is 99.4. The van der Waals surface area contributed by atoms with Crippen LogP contribution in [0, 0.1) is 17.6 Å². The summed E-state index contributed by atoms with van der Waals surface area (Å²) in [4.78, 5) is 14.9. The van der Waals surface area contributed by atoms with Crippen LogP contribution in [0.3, 0.4) is 0 Å². The van der Waals surface area contributed by atoms with E-state index in [2.05, 4.69) is 9.72 Å². The maximum absolute atomic E-state index is 14.7. The number of nitrogens with two attached hydrogens (primary N) is 1. The van der Waals surface area contributed by atoms with Crippen LogP contribution in [0.4, 0.5) is 26.3 Å². The molecule has 0 saturated carbocycles. The number of nitrogens with zero attached hydrogens (tertiary/aromatic N) is 2. The number of imidazole rings is 1. The Balaban J connectivity index is 1.66. The predicted molar refractivity (Wildman–Crippen MR) is 108 cm³/mol. The molecule has 1 saturated heterocycles. The summed E-state index contributed by atoms with van der Waals surface area (Å²) in [6.07, 6.45) is -4.76. The summed E-state index contributed by atoms with van der Waals surface area (Å²) >= 11 is 0. The van der Waals surface area contributed by atoms with Crippen LogP contribution in [-0.4, -0.2) is 53.2 Å². The molecule has 1 amide bonds. The second-order valence-electron chi connectivity index (χ2n) is 8.33. The summed E-state index contributed by atoms with van der Waals surface area (Å²) in [7, 11) is 1.34. The Kier molecular flexibility index (Phi) is 7.84. The fourth-order valence-corrected chi connectivity index (χ4v) is 3.76. The molecule has 2 N–H and O–H groups in total. The molecule has 3 atom stereocenters. The van der Waals surface area contributed by atoms with Gasteiger partial charge in [0.2, 0.25) is 5.91 Å². The van der Waals surface area contributed by atoms with E-state index in [1.54, 1.807) is 0 Å². The van der Waals surface area contributed by atoms with E-state index in [-0.39, 0.29) is 30.1 Å². The number of ether oxygens (including phenoxy) is 3. The third kappa shape index (κ3) is 5.86. The first-order valence-electron chi connectivity index (χ1n) is 10.6. The Morgan fingerprint density at radius 3 is 2.65 bits per heavy atom. The highest BCUT2D eigenvalue weighted by atomic mass is 19.3. The van der Waals surface area contributed by atoms with Crippen LogP contribution in [0.1, 0.15) is 32.6 Å². The molecule has 0 aliphatic carbocycles. The van der Waals surface area contributed by atoms with Crippen LogP contribution < -0.4 is 15.2 Å². The summed E-state index contributed by atoms with van der Waals surface area (Å²) in [5.74, 6) is -7.94. The Hall–Kier alpha value is -2.70. The maximum atomic E-state index is 14.7. The van der Waals surface area contributed by atoms with Crippen molar-refractivity contribution in [1.82, 2.24) is 9.55 Å². The molecule has 34 heavy (non-hydrogen) atoms. The minimum atomic E-state index is -3.15. The van der Waals surface area contributed by atoms with Crippen molar-refractivity contribution in [2.75, 3.05) is 13.2 Å². The Bertz CT molecular complexity index is 1020. The van der Waals surface area contributed by atoms with Crippen LogP contribution in [0.25, 0.3) is 11.0 Å². The first kappa shape index (κ1) is 25.9. The van der Waals surface area contributed by atoms with E-state index in [0.717, 1.165) is 4.57 Å². The molecule has 13 heteroatoms. The molecular weight excluding hydrogens is 472 g/mol. The first-order chi connectivity index (χ1) is 15.9. The molecule has 2 aromatic rings. The van der Waals surface area contributed by atoms with Gasteiger partial charge in [0, 0.05) is 31.9 Å². The Morgan fingerprint density at radius 1 is 1.35 bits per heavy atom. The SMILES string of the molecule is C[C@H](CC(N)=O)C(F)(F)C[C@@H]1CC[C@@H](Oc2nc3c(F)cc(OCC(F)F)c(F)c3n2C)CO1. The van der Waals surface area contributed by atoms with Gasteiger partial charge in [0.05, 0.1) is 12.7 Å². The maximum Gasteiger partial charge on any atom is 0.297 e. The van der Waals surface area contributed by atoms with E-state index in [4.69, 9.17) is 15.2 Å². The number of hydrogen-bond donors (Lipinski definition) is 1. The number of rotatable bonds is 10. The van der Waals surface area contributed by atoms with E-state index >= 15 is 0 Å². The van der Waals surface area contributed by atoms with Crippen molar-refractivity contribution in [3.8, 4) is 11.8 Å². The van der Waals surface area contributed by atoms with E-state index in [0.29, 0.717) is 12.5 Å². The minimum absolute atomic E-state index is 0.0676. The molecule has 0 spiro atoms. The molecule has 1 aromatic heterocycles. The van der Waals surface area contributed by atoms with Gasteiger partial charge in [-0.3, -0.25) is 9.36 Å². The molecule has 1 fully saturated rings. The quantitative estimate of drug-likeness (QED) is 0.502. The molecule has 1 aliphatic heterocycles. The van der Waals surface area contributed by atoms with Gasteiger partial charge in [-0.2, -0.15) is 4.98 Å². The molecule has 0 radical (unpaired) electrons. The highest BCUT2D eigenvalue weighted by Gasteiger charge is 2.41. The van der Waals surface area contributed by atoms with E-state index in [1.165, 1.54) is 14.0 Å². The number of fused-ring (bicyclic) bond motifs is 1. The standard InChI is InChI=1S/C21H25F6N3O4/c1-10(5-16(28)31)21(26,27)7-11-3-4-12(8-32-11)34-20-29-18-13(22)6-14(33-9-15(23)24)17(25)19(18)30(20)2/h6,10-12,15H,3-5,7-9H2,1-2H3,(H2,28,31)/t10-,11+,12-/m1/s1. The minimum Gasteiger partial charge on any atom is -0.484 e. The van der Waals surface area contributed by atoms with E-state index in [9.17, 15) is 31.1 Å². The number of primary amides is 1. The molecule has 2 heterocycles. The van der Waals surface area contributed by atoms with Crippen LogP contribution in [0.5, 0.6) is 11.8 Å². The van der Waals surface area contributed by atoms with Gasteiger partial charge in [0.1, 0.15) is 23.7 Å². The molecule has 1 aliphatic rings. The van der Waals surface area contributed by atoms with E-state index < -0.39 is 73.2 Å². The fourth-order valence-electron chi connectivity index (χ4n) is 3.76. The van der Waals surface area contributed by atoms with Crippen molar-refractivity contribution < 1.29 is 45.3 Å². The molecular formula is C21H25F6N3O4. The van der Waals surface area contributed by atoms with Crippen molar-refractivity contribution in [2.24, 2.45) is 18.7 Å². The monoisotopic (exact) mass is 497 g/mol. The molecule has 7 nitrogen and oxygen atoms in total. The topological polar surface area (TPSA) is 88.6 Å². The van der Waals surface area contributed by atoms with Gasteiger partial charge in [-0.05, 0) is 12.8 Å². The van der Waals surface area contributed by atoms with E-state index in [1.807, 2.05) is 0 Å². The van der Waals surface area contributed by atoms with Crippen molar-refractivity contribution >= 4 is 16.9 Å². The molecule has 3 rings (SSSR count). The summed E-state index contributed by atoms with van der Waals surface area (Å²) in [5.41, 5.74) is 4.28. The summed E-state index contributed by atoms with van der Waals surface area (Å²) in [5, 5.41) is 0. The largest absolute Gasteiger partial charge is 0.484 e. The second-order valence-corrected chi connectivity index (χ2v) is 8.33. The number of aryl methyl sites for hydroxylation is 1. The van der Waals surface area contributed by atoms with Gasteiger partial charge in [0.15, 0.2) is 17.4 Å². The number of amides is 1.